The van der Waals surface area contributed by atoms with E-state index in [-0.39, 0.29) is 29.1 Å². The quantitative estimate of drug-likeness (QED) is 0.0436. The molecule has 0 spiro atoms. The van der Waals surface area contributed by atoms with Crippen LogP contribution in [0.3, 0.4) is 0 Å². The summed E-state index contributed by atoms with van der Waals surface area (Å²) in [6, 6.07) is 16.1. The first-order valence-electron chi connectivity index (χ1n) is 18.7. The van der Waals surface area contributed by atoms with Gasteiger partial charge >= 0.3 is 5.97 Å². The summed E-state index contributed by atoms with van der Waals surface area (Å²) in [6.45, 7) is 4.83. The summed E-state index contributed by atoms with van der Waals surface area (Å²) >= 11 is 6.01. The van der Waals surface area contributed by atoms with Crippen molar-refractivity contribution in [1.29, 1.82) is 0 Å². The van der Waals surface area contributed by atoms with Gasteiger partial charge in [0.05, 0.1) is 12.1 Å². The molecule has 14 heteroatoms. The summed E-state index contributed by atoms with van der Waals surface area (Å²) in [4.78, 5) is 63.6. The van der Waals surface area contributed by atoms with Gasteiger partial charge in [-0.05, 0) is 105 Å². The number of anilines is 3. The molecule has 0 aromatic heterocycles. The summed E-state index contributed by atoms with van der Waals surface area (Å²) in [5, 5.41) is 23.4. The van der Waals surface area contributed by atoms with E-state index in [9.17, 15) is 24.0 Å². The van der Waals surface area contributed by atoms with Gasteiger partial charge in [-0.15, -0.1) is 0 Å². The number of hydrogen-bond donors (Lipinski definition) is 8. The Hall–Kier alpha value is -5.08. The summed E-state index contributed by atoms with van der Waals surface area (Å²) in [5.74, 6) is -2.63. The molecule has 55 heavy (non-hydrogen) atoms. The smallest absolute Gasteiger partial charge is 0.322 e. The molecule has 2 atom stereocenters. The number of carbonyl (C=O) groups excluding carboxylic acids is 4. The van der Waals surface area contributed by atoms with Crippen molar-refractivity contribution in [3.8, 4) is 0 Å². The van der Waals surface area contributed by atoms with Crippen LogP contribution in [-0.4, -0.2) is 66.4 Å². The fourth-order valence-electron chi connectivity index (χ4n) is 5.86. The molecule has 3 aromatic rings. The van der Waals surface area contributed by atoms with E-state index in [0.717, 1.165) is 38.5 Å². The molecule has 3 aromatic carbocycles. The standard InChI is InChI=1S/C41H54ClN7O6/c1-3-8-27(9-4-2)10-7-21-45-36(11-5-6-20-43)41(55)49-34-24-29(23-30(25-34)39(53)48-33-18-14-31(42)15-19-33)38(52)47-32-16-12-28(13-17-32)22-35(44)40(54)46-26-37(50)51/h7,10,12-19,23-25,27,35-36,45H,3-6,8-9,11,20-22,26,43-44H2,1-2H3,(H,46,54)(H,47,52)(H,48,53)(H,49,55)(H,50,51)/b10-7+. The number of benzene rings is 3. The zero-order chi connectivity index (χ0) is 40.2. The van der Waals surface area contributed by atoms with Crippen LogP contribution in [0.5, 0.6) is 0 Å². The summed E-state index contributed by atoms with van der Waals surface area (Å²) < 4.78 is 0. The van der Waals surface area contributed by atoms with Crippen LogP contribution in [0, 0.1) is 5.92 Å². The van der Waals surface area contributed by atoms with Gasteiger partial charge in [0.2, 0.25) is 11.8 Å². The molecule has 4 amide bonds. The number of amides is 4. The Labute approximate surface area is 328 Å². The first-order chi connectivity index (χ1) is 26.4. The van der Waals surface area contributed by atoms with Crippen LogP contribution in [0.4, 0.5) is 17.1 Å². The number of hydrogen-bond acceptors (Lipinski definition) is 8. The van der Waals surface area contributed by atoms with E-state index >= 15 is 0 Å². The lowest BCUT2D eigenvalue weighted by Gasteiger charge is -2.19. The predicted octanol–water partition coefficient (Wildman–Crippen LogP) is 5.71. The molecule has 10 N–H and O–H groups in total. The van der Waals surface area contributed by atoms with E-state index in [0.29, 0.717) is 47.4 Å². The zero-order valence-electron chi connectivity index (χ0n) is 31.5. The molecule has 0 heterocycles. The lowest BCUT2D eigenvalue weighted by atomic mass is 9.98. The second-order valence-electron chi connectivity index (χ2n) is 13.3. The van der Waals surface area contributed by atoms with Gasteiger partial charge in [0, 0.05) is 39.8 Å². The number of halogens is 1. The largest absolute Gasteiger partial charge is 0.480 e. The molecule has 13 nitrogen and oxygen atoms in total. The van der Waals surface area contributed by atoms with Gasteiger partial charge in [0.15, 0.2) is 0 Å². The van der Waals surface area contributed by atoms with Crippen molar-refractivity contribution < 1.29 is 29.1 Å². The number of unbranched alkanes of at least 4 members (excludes halogenated alkanes) is 1. The third kappa shape index (κ3) is 16.0. The van der Waals surface area contributed by atoms with E-state index in [2.05, 4.69) is 52.6 Å². The van der Waals surface area contributed by atoms with Gasteiger partial charge in [-0.25, -0.2) is 0 Å². The average Bonchev–Trinajstić information content (AvgIpc) is 3.16. The van der Waals surface area contributed by atoms with Crippen LogP contribution in [0.1, 0.15) is 85.1 Å². The van der Waals surface area contributed by atoms with Crippen LogP contribution in [0.25, 0.3) is 0 Å². The first kappa shape index (κ1) is 44.3. The zero-order valence-corrected chi connectivity index (χ0v) is 32.3. The summed E-state index contributed by atoms with van der Waals surface area (Å²) in [5.41, 5.74) is 13.8. The van der Waals surface area contributed by atoms with E-state index in [1.165, 1.54) is 18.2 Å². The van der Waals surface area contributed by atoms with Crippen molar-refractivity contribution in [2.45, 2.75) is 77.3 Å². The lowest BCUT2D eigenvalue weighted by Crippen LogP contribution is -2.43. The molecular formula is C41H54ClN7O6. The van der Waals surface area contributed by atoms with Crippen molar-refractivity contribution in [3.63, 3.8) is 0 Å². The minimum absolute atomic E-state index is 0.119. The van der Waals surface area contributed by atoms with Crippen molar-refractivity contribution in [2.24, 2.45) is 17.4 Å². The van der Waals surface area contributed by atoms with Crippen molar-refractivity contribution >= 4 is 58.3 Å². The van der Waals surface area contributed by atoms with Crippen LogP contribution in [0.15, 0.2) is 78.9 Å². The van der Waals surface area contributed by atoms with Crippen molar-refractivity contribution in [1.82, 2.24) is 10.6 Å². The Kier molecular flexibility index (Phi) is 19.1. The Bertz CT molecular complexity index is 1740. The Balaban J connectivity index is 1.82. The minimum atomic E-state index is -1.18. The second kappa shape index (κ2) is 23.6. The topological polar surface area (TPSA) is 218 Å². The second-order valence-corrected chi connectivity index (χ2v) is 13.8. The molecule has 296 valence electrons. The van der Waals surface area contributed by atoms with E-state index < -0.39 is 42.3 Å². The van der Waals surface area contributed by atoms with E-state index in [1.807, 2.05) is 0 Å². The fourth-order valence-corrected chi connectivity index (χ4v) is 5.99. The lowest BCUT2D eigenvalue weighted by molar-refractivity contribution is -0.138. The Morgan fingerprint density at radius 3 is 1.89 bits per heavy atom. The average molecular weight is 776 g/mol. The maximum Gasteiger partial charge on any atom is 0.322 e. The highest BCUT2D eigenvalue weighted by atomic mass is 35.5. The maximum atomic E-state index is 13.7. The van der Waals surface area contributed by atoms with Gasteiger partial charge in [-0.2, -0.15) is 0 Å². The molecule has 0 radical (unpaired) electrons. The molecular weight excluding hydrogens is 722 g/mol. The molecule has 0 aliphatic carbocycles. The Morgan fingerprint density at radius 2 is 1.35 bits per heavy atom. The molecule has 0 bridgehead atoms. The molecule has 3 rings (SSSR count). The molecule has 0 fully saturated rings. The number of nitrogens with one attached hydrogen (secondary N) is 5. The first-order valence-corrected chi connectivity index (χ1v) is 19.1. The SMILES string of the molecule is CCCC(/C=C/CNC(CCCCN)C(=O)Nc1cc(C(=O)Nc2ccc(Cl)cc2)cc(C(=O)Nc2ccc(CC(N)C(=O)NCC(=O)O)cc2)c1)CCC. The maximum absolute atomic E-state index is 13.7. The number of carboxylic acid groups (broad SMARTS) is 1. The van der Waals surface area contributed by atoms with Crippen LogP contribution in [0.2, 0.25) is 5.02 Å². The highest BCUT2D eigenvalue weighted by Gasteiger charge is 2.21. The third-order valence-corrected chi connectivity index (χ3v) is 8.97. The number of carboxylic acids is 1. The number of carbonyl (C=O) groups is 5. The summed E-state index contributed by atoms with van der Waals surface area (Å²) in [6.07, 6.45) is 10.9. The van der Waals surface area contributed by atoms with Gasteiger partial charge in [-0.3, -0.25) is 24.0 Å². The van der Waals surface area contributed by atoms with Gasteiger partial charge < -0.3 is 43.2 Å². The van der Waals surface area contributed by atoms with E-state index in [4.69, 9.17) is 28.2 Å². The third-order valence-electron chi connectivity index (χ3n) is 8.72. The molecule has 0 aliphatic rings. The molecule has 0 saturated carbocycles. The van der Waals surface area contributed by atoms with Crippen LogP contribution in [-0.2, 0) is 20.8 Å². The highest BCUT2D eigenvalue weighted by Crippen LogP contribution is 2.21. The van der Waals surface area contributed by atoms with Gasteiger partial charge in [0.1, 0.15) is 6.54 Å². The predicted molar refractivity (Wildman–Crippen MR) is 218 cm³/mol. The monoisotopic (exact) mass is 775 g/mol. The highest BCUT2D eigenvalue weighted by molar-refractivity contribution is 6.30. The van der Waals surface area contributed by atoms with Crippen molar-refractivity contribution in [2.75, 3.05) is 35.6 Å². The van der Waals surface area contributed by atoms with Gasteiger partial charge in [-0.1, -0.05) is 69.0 Å². The fraction of sp³-hybridized carbons (Fsp3) is 0.390. The van der Waals surface area contributed by atoms with Crippen molar-refractivity contribution in [3.05, 3.63) is 101 Å². The van der Waals surface area contributed by atoms with Crippen LogP contribution < -0.4 is 38.1 Å². The van der Waals surface area contributed by atoms with Crippen LogP contribution >= 0.6 is 11.6 Å². The molecule has 0 saturated heterocycles. The minimum Gasteiger partial charge on any atom is -0.480 e. The number of nitrogens with two attached hydrogens (primary N) is 2. The number of allylic oxidation sites excluding steroid dienone is 1. The summed E-state index contributed by atoms with van der Waals surface area (Å²) in [7, 11) is 0. The molecule has 0 aliphatic heterocycles. The Morgan fingerprint density at radius 1 is 0.764 bits per heavy atom. The normalized spacial score (nSPS) is 12.3. The number of aliphatic carboxylic acids is 1. The van der Waals surface area contributed by atoms with Gasteiger partial charge in [0.25, 0.3) is 11.8 Å². The number of rotatable bonds is 23. The van der Waals surface area contributed by atoms with E-state index in [1.54, 1.807) is 48.5 Å². The molecule has 2 unspecified atom stereocenters.